The predicted molar refractivity (Wildman–Crippen MR) is 92.8 cm³/mol. The van der Waals surface area contributed by atoms with Crippen LogP contribution in [0.1, 0.15) is 33.1 Å². The summed E-state index contributed by atoms with van der Waals surface area (Å²) < 4.78 is 7.61. The zero-order valence-electron chi connectivity index (χ0n) is 12.6. The SMILES string of the molecule is CC1CCCC(C)N1CC(O)COc1ccc(Br)cc1Br. The fraction of sp³-hybridized carbons (Fsp3) is 0.625. The largest absolute Gasteiger partial charge is 0.490 e. The molecule has 3 nitrogen and oxygen atoms in total. The first-order chi connectivity index (χ1) is 9.97. The molecule has 1 N–H and O–H groups in total. The zero-order valence-corrected chi connectivity index (χ0v) is 15.7. The van der Waals surface area contributed by atoms with E-state index in [2.05, 4.69) is 50.6 Å². The molecule has 21 heavy (non-hydrogen) atoms. The molecule has 3 unspecified atom stereocenters. The lowest BCUT2D eigenvalue weighted by Gasteiger charge is -2.40. The van der Waals surface area contributed by atoms with E-state index in [4.69, 9.17) is 4.74 Å². The summed E-state index contributed by atoms with van der Waals surface area (Å²) in [6, 6.07) is 6.86. The first-order valence-electron chi connectivity index (χ1n) is 7.49. The van der Waals surface area contributed by atoms with Gasteiger partial charge in [-0.25, -0.2) is 0 Å². The van der Waals surface area contributed by atoms with Crippen LogP contribution in [0.5, 0.6) is 5.75 Å². The fourth-order valence-corrected chi connectivity index (χ4v) is 4.07. The van der Waals surface area contributed by atoms with Gasteiger partial charge in [0.1, 0.15) is 18.5 Å². The third kappa shape index (κ3) is 4.95. The van der Waals surface area contributed by atoms with Crippen LogP contribution < -0.4 is 4.74 Å². The van der Waals surface area contributed by atoms with Gasteiger partial charge in [-0.2, -0.15) is 0 Å². The van der Waals surface area contributed by atoms with Crippen LogP contribution in [-0.4, -0.2) is 41.3 Å². The Hall–Kier alpha value is -0.100. The maximum Gasteiger partial charge on any atom is 0.133 e. The van der Waals surface area contributed by atoms with Gasteiger partial charge in [-0.15, -0.1) is 0 Å². The normalized spacial score (nSPS) is 24.8. The van der Waals surface area contributed by atoms with E-state index in [-0.39, 0.29) is 0 Å². The molecule has 5 heteroatoms. The molecule has 2 rings (SSSR count). The van der Waals surface area contributed by atoms with Gasteiger partial charge >= 0.3 is 0 Å². The molecular weight excluding hydrogens is 398 g/mol. The van der Waals surface area contributed by atoms with E-state index in [1.165, 1.54) is 19.3 Å². The molecule has 118 valence electrons. The molecular formula is C16H23Br2NO2. The molecule has 0 saturated carbocycles. The van der Waals surface area contributed by atoms with E-state index in [0.717, 1.165) is 14.7 Å². The molecule has 0 amide bonds. The molecule has 1 aliphatic heterocycles. The van der Waals surface area contributed by atoms with Crippen LogP contribution in [0.3, 0.4) is 0 Å². The van der Waals surface area contributed by atoms with Gasteiger partial charge in [0.25, 0.3) is 0 Å². The summed E-state index contributed by atoms with van der Waals surface area (Å²) in [7, 11) is 0. The molecule has 1 aromatic carbocycles. The number of rotatable bonds is 5. The van der Waals surface area contributed by atoms with Crippen molar-refractivity contribution in [2.24, 2.45) is 0 Å². The number of halogens is 2. The lowest BCUT2D eigenvalue weighted by Crippen LogP contribution is -2.48. The van der Waals surface area contributed by atoms with Crippen LogP contribution in [0.2, 0.25) is 0 Å². The summed E-state index contributed by atoms with van der Waals surface area (Å²) >= 11 is 6.88. The number of aliphatic hydroxyl groups is 1. The molecule has 3 atom stereocenters. The summed E-state index contributed by atoms with van der Waals surface area (Å²) in [5.74, 6) is 0.761. The molecule has 1 aromatic rings. The number of likely N-dealkylation sites (tertiary alicyclic amines) is 1. The predicted octanol–water partition coefficient (Wildman–Crippen LogP) is 4.21. The van der Waals surface area contributed by atoms with Crippen LogP contribution in [0, 0.1) is 0 Å². The van der Waals surface area contributed by atoms with E-state index in [1.807, 2.05) is 18.2 Å². The number of piperidine rings is 1. The van der Waals surface area contributed by atoms with Crippen molar-refractivity contribution < 1.29 is 9.84 Å². The van der Waals surface area contributed by atoms with Gasteiger partial charge in [0.2, 0.25) is 0 Å². The first-order valence-corrected chi connectivity index (χ1v) is 9.07. The Morgan fingerprint density at radius 2 is 1.95 bits per heavy atom. The summed E-state index contributed by atoms with van der Waals surface area (Å²) in [5.41, 5.74) is 0. The summed E-state index contributed by atoms with van der Waals surface area (Å²) in [6.07, 6.45) is 3.26. The van der Waals surface area contributed by atoms with Crippen LogP contribution >= 0.6 is 31.9 Å². The lowest BCUT2D eigenvalue weighted by atomic mass is 9.97. The number of hydrogen-bond donors (Lipinski definition) is 1. The topological polar surface area (TPSA) is 32.7 Å². The van der Waals surface area contributed by atoms with E-state index in [0.29, 0.717) is 25.2 Å². The second kappa shape index (κ2) is 7.95. The Labute approximate surface area is 143 Å². The van der Waals surface area contributed by atoms with Crippen LogP contribution in [0.15, 0.2) is 27.1 Å². The quantitative estimate of drug-likeness (QED) is 0.774. The van der Waals surface area contributed by atoms with Crippen LogP contribution in [0.4, 0.5) is 0 Å². The highest BCUT2D eigenvalue weighted by Gasteiger charge is 2.26. The first kappa shape index (κ1) is 17.3. The third-order valence-corrected chi connectivity index (χ3v) is 5.24. The molecule has 1 aliphatic rings. The monoisotopic (exact) mass is 419 g/mol. The smallest absolute Gasteiger partial charge is 0.133 e. The van der Waals surface area contributed by atoms with Crippen LogP contribution in [0.25, 0.3) is 0 Å². The Balaban J connectivity index is 1.85. The minimum absolute atomic E-state index is 0.316. The Bertz CT molecular complexity index is 460. The van der Waals surface area contributed by atoms with Gasteiger partial charge in [0.15, 0.2) is 0 Å². The minimum Gasteiger partial charge on any atom is -0.490 e. The van der Waals surface area contributed by atoms with Crippen molar-refractivity contribution in [1.82, 2.24) is 4.90 Å². The van der Waals surface area contributed by atoms with E-state index >= 15 is 0 Å². The molecule has 1 heterocycles. The average molecular weight is 421 g/mol. The third-order valence-electron chi connectivity index (χ3n) is 4.12. The van der Waals surface area contributed by atoms with E-state index in [1.54, 1.807) is 0 Å². The molecule has 0 bridgehead atoms. The van der Waals surface area contributed by atoms with Crippen molar-refractivity contribution >= 4 is 31.9 Å². The van der Waals surface area contributed by atoms with Gasteiger partial charge in [-0.3, -0.25) is 4.90 Å². The second-order valence-corrected chi connectivity index (χ2v) is 7.64. The summed E-state index contributed by atoms with van der Waals surface area (Å²) in [6.45, 7) is 5.48. The van der Waals surface area contributed by atoms with Gasteiger partial charge in [0.05, 0.1) is 4.47 Å². The number of nitrogens with zero attached hydrogens (tertiary/aromatic N) is 1. The summed E-state index contributed by atoms with van der Waals surface area (Å²) in [5, 5.41) is 10.3. The number of hydrogen-bond acceptors (Lipinski definition) is 3. The number of ether oxygens (including phenoxy) is 1. The van der Waals surface area contributed by atoms with Crippen molar-refractivity contribution in [3.05, 3.63) is 27.1 Å². The van der Waals surface area contributed by atoms with E-state index in [9.17, 15) is 5.11 Å². The molecule has 0 spiro atoms. The second-order valence-electron chi connectivity index (χ2n) is 5.87. The Kier molecular flexibility index (Phi) is 6.53. The number of aliphatic hydroxyl groups excluding tert-OH is 1. The number of β-amino-alcohol motifs (C(OH)–C–C–N with tert-alkyl or cyclic N) is 1. The van der Waals surface area contributed by atoms with Crippen molar-refractivity contribution in [3.63, 3.8) is 0 Å². The standard InChI is InChI=1S/C16H23Br2NO2/c1-11-4-3-5-12(2)19(11)9-14(20)10-21-16-7-6-13(17)8-15(16)18/h6-8,11-12,14,20H,3-5,9-10H2,1-2H3. The molecule has 0 aromatic heterocycles. The maximum atomic E-state index is 10.3. The Morgan fingerprint density at radius 3 is 2.57 bits per heavy atom. The van der Waals surface area contributed by atoms with Gasteiger partial charge in [-0.05, 0) is 60.8 Å². The highest BCUT2D eigenvalue weighted by molar-refractivity contribution is 9.11. The minimum atomic E-state index is -0.469. The van der Waals surface area contributed by atoms with Crippen molar-refractivity contribution in [2.45, 2.75) is 51.3 Å². The molecule has 0 radical (unpaired) electrons. The number of benzene rings is 1. The molecule has 1 fully saturated rings. The van der Waals surface area contributed by atoms with Crippen molar-refractivity contribution in [3.8, 4) is 5.75 Å². The highest BCUT2D eigenvalue weighted by atomic mass is 79.9. The average Bonchev–Trinajstić information content (AvgIpc) is 2.42. The van der Waals surface area contributed by atoms with Crippen molar-refractivity contribution in [1.29, 1.82) is 0 Å². The lowest BCUT2D eigenvalue weighted by molar-refractivity contribution is 0.0207. The van der Waals surface area contributed by atoms with Gasteiger partial charge in [-0.1, -0.05) is 22.4 Å². The zero-order chi connectivity index (χ0) is 15.4. The summed E-state index contributed by atoms with van der Waals surface area (Å²) in [4.78, 5) is 2.40. The highest BCUT2D eigenvalue weighted by Crippen LogP contribution is 2.28. The van der Waals surface area contributed by atoms with Crippen LogP contribution in [-0.2, 0) is 0 Å². The fourth-order valence-electron chi connectivity index (χ4n) is 2.91. The van der Waals surface area contributed by atoms with E-state index < -0.39 is 6.10 Å². The van der Waals surface area contributed by atoms with Gasteiger partial charge in [0, 0.05) is 23.1 Å². The maximum absolute atomic E-state index is 10.3. The van der Waals surface area contributed by atoms with Crippen molar-refractivity contribution in [2.75, 3.05) is 13.2 Å². The van der Waals surface area contributed by atoms with Gasteiger partial charge < -0.3 is 9.84 Å². The molecule has 1 saturated heterocycles. The Morgan fingerprint density at radius 1 is 1.29 bits per heavy atom. The molecule has 0 aliphatic carbocycles.